The zero-order valence-corrected chi connectivity index (χ0v) is 30.4. The summed E-state index contributed by atoms with van der Waals surface area (Å²) in [7, 11) is 8.95. The highest BCUT2D eigenvalue weighted by atomic mass is 79.9. The molecule has 1 rings (SSSR count). The second-order valence-electron chi connectivity index (χ2n) is 11.6. The Labute approximate surface area is 276 Å². The van der Waals surface area contributed by atoms with E-state index in [9.17, 15) is 9.59 Å². The summed E-state index contributed by atoms with van der Waals surface area (Å²) in [6, 6.07) is 8.95. The number of amides is 1. The van der Waals surface area contributed by atoms with Gasteiger partial charge in [0.2, 0.25) is 5.91 Å². The Balaban J connectivity index is 0. The van der Waals surface area contributed by atoms with E-state index in [0.717, 1.165) is 54.4 Å². The molecule has 9 nitrogen and oxygen atoms in total. The number of nitrogens with zero attached hydrogens (tertiary/aromatic N) is 2. The summed E-state index contributed by atoms with van der Waals surface area (Å²) in [4.78, 5) is 23.9. The van der Waals surface area contributed by atoms with Crippen LogP contribution in [0, 0.1) is 0 Å². The van der Waals surface area contributed by atoms with E-state index in [4.69, 9.17) is 18.9 Å². The van der Waals surface area contributed by atoms with Crippen molar-refractivity contribution in [1.82, 2.24) is 5.32 Å². The molecule has 0 heterocycles. The third-order valence-corrected chi connectivity index (χ3v) is 6.62. The second kappa shape index (κ2) is 25.4. The average molecular weight is 730 g/mol. The van der Waals surface area contributed by atoms with Gasteiger partial charge in [0.15, 0.2) is 5.78 Å². The topological polar surface area (TPSA) is 83.1 Å². The molecule has 1 aromatic carbocycles. The number of nitrogens with one attached hydrogen (secondary N) is 1. The summed E-state index contributed by atoms with van der Waals surface area (Å²) < 4.78 is 22.8. The van der Waals surface area contributed by atoms with Crippen molar-refractivity contribution in [3.63, 3.8) is 0 Å². The highest BCUT2D eigenvalue weighted by molar-refractivity contribution is 8.93. The molecule has 0 spiro atoms. The van der Waals surface area contributed by atoms with E-state index in [1.165, 1.54) is 11.1 Å². The molecule has 0 aliphatic heterocycles. The molecular weight excluding hydrogens is 670 g/mol. The highest BCUT2D eigenvalue weighted by Crippen LogP contribution is 2.15. The maximum atomic E-state index is 12.0. The molecule has 1 aromatic rings. The molecule has 0 atom stereocenters. The van der Waals surface area contributed by atoms with Crippen molar-refractivity contribution >= 4 is 45.7 Å². The van der Waals surface area contributed by atoms with E-state index in [1.54, 1.807) is 0 Å². The Morgan fingerprint density at radius 2 is 1.12 bits per heavy atom. The molecule has 246 valence electrons. The van der Waals surface area contributed by atoms with Crippen molar-refractivity contribution in [2.75, 3.05) is 101 Å². The Bertz CT molecular complexity index is 758. The van der Waals surface area contributed by atoms with E-state index < -0.39 is 0 Å². The van der Waals surface area contributed by atoms with E-state index in [1.807, 2.05) is 13.8 Å². The number of Topliss-reactive ketones (excluding diaryl/α,β-unsaturated/α-hetero) is 1. The monoisotopic (exact) mass is 727 g/mol. The van der Waals surface area contributed by atoms with Crippen LogP contribution in [0.5, 0.6) is 0 Å². The van der Waals surface area contributed by atoms with E-state index in [-0.39, 0.29) is 58.9 Å². The van der Waals surface area contributed by atoms with E-state index in [0.29, 0.717) is 52.6 Å². The molecule has 0 bridgehead atoms. The lowest BCUT2D eigenvalue weighted by Gasteiger charge is -2.31. The first-order valence-electron chi connectivity index (χ1n) is 14.9. The molecule has 0 radical (unpaired) electrons. The van der Waals surface area contributed by atoms with Gasteiger partial charge in [0.25, 0.3) is 0 Å². The highest BCUT2D eigenvalue weighted by Gasteiger charge is 2.18. The van der Waals surface area contributed by atoms with Gasteiger partial charge in [-0.2, -0.15) is 0 Å². The van der Waals surface area contributed by atoms with Crippen molar-refractivity contribution in [1.29, 1.82) is 0 Å². The van der Waals surface area contributed by atoms with Crippen LogP contribution in [0.2, 0.25) is 0 Å². The fraction of sp³-hybridized carbons (Fsp3) is 0.742. The van der Waals surface area contributed by atoms with Crippen molar-refractivity contribution < 1.29 is 37.5 Å². The van der Waals surface area contributed by atoms with Gasteiger partial charge in [-0.15, -0.1) is 34.0 Å². The van der Waals surface area contributed by atoms with Crippen LogP contribution in [-0.4, -0.2) is 121 Å². The lowest BCUT2D eigenvalue weighted by Crippen LogP contribution is -2.41. The maximum Gasteiger partial charge on any atom is 0.246 e. The molecule has 0 saturated heterocycles. The van der Waals surface area contributed by atoms with Crippen LogP contribution in [-0.2, 0) is 41.6 Å². The number of ether oxygens (including phenoxy) is 4. The number of benzene rings is 1. The minimum Gasteiger partial charge on any atom is -0.379 e. The first kappa shape index (κ1) is 43.2. The number of carbonyl (C=O) groups is 2. The van der Waals surface area contributed by atoms with Crippen LogP contribution in [0.25, 0.3) is 0 Å². The molecule has 0 aliphatic rings. The predicted octanol–water partition coefficient (Wildman–Crippen LogP) is 4.35. The van der Waals surface area contributed by atoms with Gasteiger partial charge in [-0.25, -0.2) is 0 Å². The number of halogens is 2. The third kappa shape index (κ3) is 23.5. The summed E-state index contributed by atoms with van der Waals surface area (Å²) in [5, 5.41) is 2.93. The summed E-state index contributed by atoms with van der Waals surface area (Å²) in [5.41, 5.74) is 2.64. The number of quaternary nitrogens is 2. The van der Waals surface area contributed by atoms with Crippen LogP contribution in [0.1, 0.15) is 50.7 Å². The van der Waals surface area contributed by atoms with Crippen molar-refractivity contribution in [2.45, 2.75) is 52.6 Å². The molecule has 1 N–H and O–H groups in total. The first-order chi connectivity index (χ1) is 19.1. The van der Waals surface area contributed by atoms with E-state index >= 15 is 0 Å². The zero-order chi connectivity index (χ0) is 29.7. The fourth-order valence-corrected chi connectivity index (χ4v) is 4.49. The summed E-state index contributed by atoms with van der Waals surface area (Å²) in [5.74, 6) is 0.0908. The van der Waals surface area contributed by atoms with Gasteiger partial charge in [0.1, 0.15) is 26.3 Å². The van der Waals surface area contributed by atoms with Crippen molar-refractivity contribution in [3.05, 3.63) is 35.4 Å². The molecule has 0 fully saturated rings. The SMILES string of the molecule is Br.Br.CCOCCOCC(=O)CCCC[N+](C)(C)Cc1ccc(C[N+](C)(C)CCCNC(=O)COCCOCC)cc1. The number of unbranched alkanes of at least 4 members (excludes halogenated alkanes) is 1. The van der Waals surface area contributed by atoms with Gasteiger partial charge in [-0.3, -0.25) is 9.59 Å². The first-order valence-corrected chi connectivity index (χ1v) is 14.9. The molecule has 0 aromatic heterocycles. The van der Waals surface area contributed by atoms with Crippen LogP contribution in [0.3, 0.4) is 0 Å². The Hall–Kier alpha value is -0.920. The molecule has 11 heteroatoms. The summed E-state index contributed by atoms with van der Waals surface area (Å²) in [6.07, 6.45) is 3.40. The molecular formula is C31H59Br2N3O6+2. The van der Waals surface area contributed by atoms with Crippen molar-refractivity contribution in [2.24, 2.45) is 0 Å². The smallest absolute Gasteiger partial charge is 0.246 e. The normalized spacial score (nSPS) is 11.5. The lowest BCUT2D eigenvalue weighted by molar-refractivity contribution is -0.904. The minimum atomic E-state index is -0.0779. The van der Waals surface area contributed by atoms with E-state index in [2.05, 4.69) is 57.8 Å². The van der Waals surface area contributed by atoms with Gasteiger partial charge in [0, 0.05) is 43.7 Å². The quantitative estimate of drug-likeness (QED) is 0.119. The van der Waals surface area contributed by atoms with Crippen LogP contribution >= 0.6 is 34.0 Å². The molecule has 1 amide bonds. The van der Waals surface area contributed by atoms with Gasteiger partial charge in [-0.05, 0) is 26.7 Å². The van der Waals surface area contributed by atoms with Crippen LogP contribution < -0.4 is 5.32 Å². The maximum absolute atomic E-state index is 12.0. The summed E-state index contributed by atoms with van der Waals surface area (Å²) in [6.45, 7) is 12.0. The Morgan fingerprint density at radius 3 is 1.62 bits per heavy atom. The van der Waals surface area contributed by atoms with Gasteiger partial charge < -0.3 is 33.2 Å². The zero-order valence-electron chi connectivity index (χ0n) is 27.0. The number of hydrogen-bond acceptors (Lipinski definition) is 6. The van der Waals surface area contributed by atoms with Crippen molar-refractivity contribution in [3.8, 4) is 0 Å². The Kier molecular flexibility index (Phi) is 26.1. The lowest BCUT2D eigenvalue weighted by atomic mass is 10.1. The molecule has 0 aliphatic carbocycles. The summed E-state index contributed by atoms with van der Waals surface area (Å²) >= 11 is 0. The standard InChI is InChI=1S/C31H56N3O6.2BrH/c1-7-37-20-22-39-26-30(35)12-9-10-18-33(3,4)24-28-13-15-29(16-14-28)25-34(5,6)19-11-17-32-31(36)27-40-23-21-38-8-2;;/h13-16H,7-12,17-27H2,1-6H3;2*1H/q+1;;/p+1. The van der Waals surface area contributed by atoms with Gasteiger partial charge in [0.05, 0.1) is 67.7 Å². The van der Waals surface area contributed by atoms with Gasteiger partial charge >= 0.3 is 0 Å². The average Bonchev–Trinajstić information content (AvgIpc) is 2.90. The number of carbonyl (C=O) groups excluding carboxylic acids is 2. The minimum absolute atomic E-state index is 0. The predicted molar refractivity (Wildman–Crippen MR) is 180 cm³/mol. The molecule has 0 saturated carbocycles. The molecule has 0 unspecified atom stereocenters. The number of hydrogen-bond donors (Lipinski definition) is 1. The largest absolute Gasteiger partial charge is 0.379 e. The van der Waals surface area contributed by atoms with Crippen LogP contribution in [0.4, 0.5) is 0 Å². The van der Waals surface area contributed by atoms with Gasteiger partial charge in [-0.1, -0.05) is 24.3 Å². The number of ketones is 1. The van der Waals surface area contributed by atoms with Crippen LogP contribution in [0.15, 0.2) is 24.3 Å². The second-order valence-corrected chi connectivity index (χ2v) is 11.6. The Morgan fingerprint density at radius 1 is 0.667 bits per heavy atom. The molecule has 42 heavy (non-hydrogen) atoms. The fourth-order valence-electron chi connectivity index (χ4n) is 4.49. The number of rotatable bonds is 25. The third-order valence-electron chi connectivity index (χ3n) is 6.62.